The van der Waals surface area contributed by atoms with E-state index in [9.17, 15) is 9.59 Å². The van der Waals surface area contributed by atoms with E-state index in [0.29, 0.717) is 5.69 Å². The van der Waals surface area contributed by atoms with Gasteiger partial charge in [-0.05, 0) is 12.1 Å². The molecule has 0 saturated carbocycles. The fraction of sp³-hybridized carbons (Fsp3) is 0.200. The van der Waals surface area contributed by atoms with Gasteiger partial charge in [0.05, 0.1) is 5.69 Å². The van der Waals surface area contributed by atoms with Gasteiger partial charge in [0.25, 0.3) is 0 Å². The number of benzene rings is 1. The summed E-state index contributed by atoms with van der Waals surface area (Å²) in [6.07, 6.45) is 1.59. The Hall–Kier alpha value is -1.84. The monoisotopic (exact) mass is 191 g/mol. The number of nitrogens with zero attached hydrogens (tertiary/aromatic N) is 2. The van der Waals surface area contributed by atoms with E-state index < -0.39 is 6.03 Å². The van der Waals surface area contributed by atoms with Crippen LogP contribution in [0, 0.1) is 0 Å². The molecule has 1 radical (unpaired) electrons. The maximum atomic E-state index is 11.5. The molecule has 0 spiro atoms. The number of amides is 3. The Morgan fingerprint density at radius 1 is 1.21 bits per heavy atom. The van der Waals surface area contributed by atoms with Crippen LogP contribution >= 0.6 is 0 Å². The van der Waals surface area contributed by atoms with Crippen LogP contribution < -0.4 is 4.90 Å². The van der Waals surface area contributed by atoms with Crippen molar-refractivity contribution in [1.82, 2.24) is 4.90 Å². The van der Waals surface area contributed by atoms with Crippen molar-refractivity contribution in [3.8, 4) is 0 Å². The standard InChI is InChI=1S/C10H11N2O2/c1-11(2)10(14)12(8-13)9-6-4-3-5-7-9/h3-7H,1-2H3. The van der Waals surface area contributed by atoms with Crippen molar-refractivity contribution in [2.75, 3.05) is 19.0 Å². The molecule has 0 saturated heterocycles. The van der Waals surface area contributed by atoms with Gasteiger partial charge in [0.2, 0.25) is 0 Å². The average Bonchev–Trinajstić information content (AvgIpc) is 2.20. The Labute approximate surface area is 82.7 Å². The average molecular weight is 191 g/mol. The van der Waals surface area contributed by atoms with E-state index in [0.717, 1.165) is 4.90 Å². The van der Waals surface area contributed by atoms with Crippen molar-refractivity contribution in [2.45, 2.75) is 0 Å². The number of hydrogen-bond acceptors (Lipinski definition) is 2. The Morgan fingerprint density at radius 2 is 1.79 bits per heavy atom. The zero-order valence-corrected chi connectivity index (χ0v) is 8.10. The lowest BCUT2D eigenvalue weighted by molar-refractivity contribution is 0.227. The normalized spacial score (nSPS) is 9.29. The predicted octanol–water partition coefficient (Wildman–Crippen LogP) is 1.24. The van der Waals surface area contributed by atoms with E-state index >= 15 is 0 Å². The number of carbonyl (C=O) groups is 1. The third-order valence-corrected chi connectivity index (χ3v) is 1.68. The molecule has 0 atom stereocenters. The number of carbonyl (C=O) groups excluding carboxylic acids is 2. The zero-order chi connectivity index (χ0) is 10.6. The minimum atomic E-state index is -0.411. The molecular weight excluding hydrogens is 180 g/mol. The molecule has 0 aliphatic carbocycles. The molecule has 0 aliphatic heterocycles. The summed E-state index contributed by atoms with van der Waals surface area (Å²) in [6, 6.07) is 8.25. The van der Waals surface area contributed by atoms with Crippen LogP contribution in [0.25, 0.3) is 0 Å². The van der Waals surface area contributed by atoms with E-state index in [-0.39, 0.29) is 0 Å². The highest BCUT2D eigenvalue weighted by Crippen LogP contribution is 2.12. The first kappa shape index (κ1) is 10.2. The van der Waals surface area contributed by atoms with E-state index in [2.05, 4.69) is 0 Å². The van der Waals surface area contributed by atoms with E-state index in [1.54, 1.807) is 44.8 Å². The summed E-state index contributed by atoms with van der Waals surface area (Å²) < 4.78 is 0. The zero-order valence-electron chi connectivity index (χ0n) is 8.10. The van der Waals surface area contributed by atoms with E-state index in [1.165, 1.54) is 4.90 Å². The van der Waals surface area contributed by atoms with Gasteiger partial charge in [0, 0.05) is 14.1 Å². The van der Waals surface area contributed by atoms with Crippen LogP contribution in [0.3, 0.4) is 0 Å². The number of imide groups is 1. The highest BCUT2D eigenvalue weighted by Gasteiger charge is 2.16. The van der Waals surface area contributed by atoms with E-state index in [4.69, 9.17) is 0 Å². The number of hydrogen-bond donors (Lipinski definition) is 0. The molecule has 0 fully saturated rings. The molecule has 1 aromatic carbocycles. The molecule has 0 unspecified atom stereocenters. The summed E-state index contributed by atoms with van der Waals surface area (Å²) in [4.78, 5) is 24.3. The van der Waals surface area contributed by atoms with Crippen LogP contribution in [0.2, 0.25) is 0 Å². The van der Waals surface area contributed by atoms with Gasteiger partial charge < -0.3 is 4.90 Å². The van der Waals surface area contributed by atoms with Crippen molar-refractivity contribution in [3.63, 3.8) is 0 Å². The van der Waals surface area contributed by atoms with Crippen LogP contribution in [0.4, 0.5) is 10.5 Å². The second kappa shape index (κ2) is 4.41. The molecule has 4 heteroatoms. The van der Waals surface area contributed by atoms with Gasteiger partial charge in [0.1, 0.15) is 0 Å². The quantitative estimate of drug-likeness (QED) is 0.660. The van der Waals surface area contributed by atoms with Gasteiger partial charge in [-0.3, -0.25) is 4.79 Å². The first-order valence-electron chi connectivity index (χ1n) is 4.11. The van der Waals surface area contributed by atoms with Crippen LogP contribution in [-0.4, -0.2) is 31.4 Å². The number of para-hydroxylation sites is 1. The molecule has 0 aromatic heterocycles. The first-order valence-corrected chi connectivity index (χ1v) is 4.11. The van der Waals surface area contributed by atoms with Crippen molar-refractivity contribution in [1.29, 1.82) is 0 Å². The lowest BCUT2D eigenvalue weighted by Gasteiger charge is -2.18. The van der Waals surface area contributed by atoms with Crippen LogP contribution in [0.1, 0.15) is 0 Å². The summed E-state index contributed by atoms with van der Waals surface area (Å²) in [5, 5.41) is 0. The molecule has 4 nitrogen and oxygen atoms in total. The molecule has 0 bridgehead atoms. The second-order valence-corrected chi connectivity index (χ2v) is 2.94. The molecule has 3 amide bonds. The molecule has 14 heavy (non-hydrogen) atoms. The van der Waals surface area contributed by atoms with Gasteiger partial charge in [-0.1, -0.05) is 18.2 Å². The minimum Gasteiger partial charge on any atom is -0.330 e. The Morgan fingerprint density at radius 3 is 2.21 bits per heavy atom. The second-order valence-electron chi connectivity index (χ2n) is 2.94. The van der Waals surface area contributed by atoms with Gasteiger partial charge in [-0.25, -0.2) is 9.69 Å². The molecule has 0 heterocycles. The van der Waals surface area contributed by atoms with Crippen molar-refractivity contribution in [2.24, 2.45) is 0 Å². The Balaban J connectivity index is 2.94. The molecular formula is C10H11N2O2. The molecule has 0 N–H and O–H groups in total. The highest BCUT2D eigenvalue weighted by molar-refractivity contribution is 6.05. The maximum Gasteiger partial charge on any atom is 0.331 e. The van der Waals surface area contributed by atoms with Gasteiger partial charge in [-0.15, -0.1) is 0 Å². The predicted molar refractivity (Wildman–Crippen MR) is 53.7 cm³/mol. The minimum absolute atomic E-state index is 0.411. The lowest BCUT2D eigenvalue weighted by atomic mass is 10.3. The van der Waals surface area contributed by atoms with Crippen LogP contribution in [0.15, 0.2) is 30.3 Å². The number of urea groups is 1. The molecule has 1 aromatic rings. The number of anilines is 1. The van der Waals surface area contributed by atoms with Gasteiger partial charge in [0.15, 0.2) is 0 Å². The fourth-order valence-corrected chi connectivity index (χ4v) is 0.979. The first-order chi connectivity index (χ1) is 6.66. The fourth-order valence-electron chi connectivity index (χ4n) is 0.979. The SMILES string of the molecule is CN(C)C(=O)N([C]=O)c1ccccc1. The summed E-state index contributed by atoms with van der Waals surface area (Å²) in [5.41, 5.74) is 0.515. The largest absolute Gasteiger partial charge is 0.331 e. The summed E-state index contributed by atoms with van der Waals surface area (Å²) >= 11 is 0. The summed E-state index contributed by atoms with van der Waals surface area (Å²) in [5.74, 6) is 0. The third-order valence-electron chi connectivity index (χ3n) is 1.68. The van der Waals surface area contributed by atoms with Crippen LogP contribution in [-0.2, 0) is 4.79 Å². The third kappa shape index (κ3) is 2.10. The maximum absolute atomic E-state index is 11.5. The number of rotatable bonds is 2. The summed E-state index contributed by atoms with van der Waals surface area (Å²) in [6.45, 7) is 0. The van der Waals surface area contributed by atoms with Gasteiger partial charge in [-0.2, -0.15) is 0 Å². The smallest absolute Gasteiger partial charge is 0.330 e. The Bertz CT molecular complexity index is 322. The van der Waals surface area contributed by atoms with E-state index in [1.807, 2.05) is 6.07 Å². The van der Waals surface area contributed by atoms with Crippen molar-refractivity contribution in [3.05, 3.63) is 30.3 Å². The van der Waals surface area contributed by atoms with Crippen molar-refractivity contribution < 1.29 is 9.59 Å². The highest BCUT2D eigenvalue weighted by atomic mass is 16.2. The summed E-state index contributed by atoms with van der Waals surface area (Å²) in [7, 11) is 3.16. The molecule has 73 valence electrons. The lowest BCUT2D eigenvalue weighted by Crippen LogP contribution is -2.38. The van der Waals surface area contributed by atoms with Gasteiger partial charge >= 0.3 is 12.4 Å². The molecule has 1 rings (SSSR count). The van der Waals surface area contributed by atoms with Crippen LogP contribution in [0.5, 0.6) is 0 Å². The Kier molecular flexibility index (Phi) is 3.23. The van der Waals surface area contributed by atoms with Crippen molar-refractivity contribution >= 4 is 18.1 Å². The topological polar surface area (TPSA) is 40.6 Å². The molecule has 0 aliphatic rings.